The Labute approximate surface area is 108 Å². The maximum absolute atomic E-state index is 5.42. The minimum Gasteiger partial charge on any atom is -0.381 e. The van der Waals surface area contributed by atoms with Crippen molar-refractivity contribution in [2.24, 2.45) is 0 Å². The lowest BCUT2D eigenvalue weighted by molar-refractivity contribution is 0.0657. The van der Waals surface area contributed by atoms with Crippen LogP contribution in [0.5, 0.6) is 0 Å². The van der Waals surface area contributed by atoms with Gasteiger partial charge in [-0.25, -0.2) is 9.97 Å². The number of anilines is 2. The van der Waals surface area contributed by atoms with Crippen LogP contribution in [0.2, 0.25) is 0 Å². The van der Waals surface area contributed by atoms with E-state index in [0.717, 1.165) is 49.7 Å². The molecule has 0 unspecified atom stereocenters. The molecule has 2 heterocycles. The van der Waals surface area contributed by atoms with Crippen molar-refractivity contribution in [1.29, 1.82) is 0 Å². The Morgan fingerprint density at radius 1 is 1.28 bits per heavy atom. The van der Waals surface area contributed by atoms with Crippen LogP contribution in [0.25, 0.3) is 0 Å². The summed E-state index contributed by atoms with van der Waals surface area (Å²) in [6.45, 7) is 5.98. The van der Waals surface area contributed by atoms with Gasteiger partial charge in [0.05, 0.1) is 0 Å². The first-order chi connectivity index (χ1) is 8.68. The third kappa shape index (κ3) is 2.72. The van der Waals surface area contributed by atoms with Gasteiger partial charge in [-0.05, 0) is 26.2 Å². The zero-order valence-corrected chi connectivity index (χ0v) is 11.4. The maximum Gasteiger partial charge on any atom is 0.135 e. The van der Waals surface area contributed by atoms with Crippen LogP contribution in [0.1, 0.15) is 32.3 Å². The van der Waals surface area contributed by atoms with Gasteiger partial charge in [-0.3, -0.25) is 0 Å². The fourth-order valence-corrected chi connectivity index (χ4v) is 2.30. The Balaban J connectivity index is 2.22. The molecule has 100 valence electrons. The summed E-state index contributed by atoms with van der Waals surface area (Å²) in [5, 5.41) is 6.70. The Bertz CT molecular complexity index is 402. The van der Waals surface area contributed by atoms with E-state index in [4.69, 9.17) is 4.74 Å². The van der Waals surface area contributed by atoms with Crippen LogP contribution in [-0.4, -0.2) is 35.8 Å². The highest BCUT2D eigenvalue weighted by Gasteiger charge is 2.28. The molecule has 1 fully saturated rings. The zero-order valence-electron chi connectivity index (χ0n) is 11.4. The molecule has 1 aromatic rings. The quantitative estimate of drug-likeness (QED) is 0.856. The predicted octanol–water partition coefficient (Wildman–Crippen LogP) is 2.06. The molecule has 5 heteroatoms. The van der Waals surface area contributed by atoms with Gasteiger partial charge in [0.25, 0.3) is 0 Å². The van der Waals surface area contributed by atoms with Gasteiger partial charge in [0.15, 0.2) is 0 Å². The molecule has 0 atom stereocenters. The van der Waals surface area contributed by atoms with Crippen LogP contribution in [-0.2, 0) is 11.2 Å². The van der Waals surface area contributed by atoms with E-state index >= 15 is 0 Å². The van der Waals surface area contributed by atoms with Crippen molar-refractivity contribution < 1.29 is 4.74 Å². The maximum atomic E-state index is 5.42. The van der Waals surface area contributed by atoms with Gasteiger partial charge in [-0.2, -0.15) is 0 Å². The average molecular weight is 250 g/mol. The highest BCUT2D eigenvalue weighted by molar-refractivity contribution is 5.58. The molecule has 2 rings (SSSR count). The number of hydrogen-bond donors (Lipinski definition) is 2. The van der Waals surface area contributed by atoms with Crippen molar-refractivity contribution in [3.63, 3.8) is 0 Å². The van der Waals surface area contributed by atoms with Gasteiger partial charge >= 0.3 is 0 Å². The molecule has 0 aromatic carbocycles. The van der Waals surface area contributed by atoms with Gasteiger partial charge < -0.3 is 15.4 Å². The summed E-state index contributed by atoms with van der Waals surface area (Å²) in [4.78, 5) is 8.65. The third-order valence-corrected chi connectivity index (χ3v) is 3.55. The van der Waals surface area contributed by atoms with Gasteiger partial charge in [0.2, 0.25) is 0 Å². The molecule has 1 saturated heterocycles. The first kappa shape index (κ1) is 13.1. The Kier molecular flexibility index (Phi) is 4.01. The van der Waals surface area contributed by atoms with E-state index in [1.165, 1.54) is 0 Å². The molecule has 0 aliphatic carbocycles. The largest absolute Gasteiger partial charge is 0.381 e. The number of nitrogens with one attached hydrogen (secondary N) is 2. The van der Waals surface area contributed by atoms with Crippen molar-refractivity contribution in [3.8, 4) is 0 Å². The van der Waals surface area contributed by atoms with E-state index < -0.39 is 0 Å². The molecular weight excluding hydrogens is 228 g/mol. The first-order valence-electron chi connectivity index (χ1n) is 6.56. The third-order valence-electron chi connectivity index (χ3n) is 3.55. The van der Waals surface area contributed by atoms with Crippen LogP contribution in [0.4, 0.5) is 11.6 Å². The van der Waals surface area contributed by atoms with Crippen LogP contribution >= 0.6 is 0 Å². The van der Waals surface area contributed by atoms with Crippen molar-refractivity contribution in [3.05, 3.63) is 11.9 Å². The Morgan fingerprint density at radius 3 is 2.56 bits per heavy atom. The Hall–Kier alpha value is -1.36. The summed E-state index contributed by atoms with van der Waals surface area (Å²) >= 11 is 0. The van der Waals surface area contributed by atoms with Crippen molar-refractivity contribution in [2.45, 2.75) is 38.6 Å². The summed E-state index contributed by atoms with van der Waals surface area (Å²) < 4.78 is 5.42. The molecule has 18 heavy (non-hydrogen) atoms. The molecule has 0 amide bonds. The topological polar surface area (TPSA) is 59.1 Å². The first-order valence-corrected chi connectivity index (χ1v) is 6.56. The van der Waals surface area contributed by atoms with Gasteiger partial charge in [0.1, 0.15) is 18.0 Å². The lowest BCUT2D eigenvalue weighted by Gasteiger charge is -2.35. The summed E-state index contributed by atoms with van der Waals surface area (Å²) in [5.74, 6) is 1.85. The summed E-state index contributed by atoms with van der Waals surface area (Å²) in [5.41, 5.74) is 1.22. The van der Waals surface area contributed by atoms with Crippen LogP contribution in [0, 0.1) is 0 Å². The van der Waals surface area contributed by atoms with Crippen molar-refractivity contribution in [2.75, 3.05) is 30.9 Å². The zero-order chi connectivity index (χ0) is 13.0. The fourth-order valence-electron chi connectivity index (χ4n) is 2.30. The molecular formula is C13H22N4O. The second kappa shape index (κ2) is 5.52. The van der Waals surface area contributed by atoms with E-state index in [2.05, 4.69) is 34.4 Å². The highest BCUT2D eigenvalue weighted by Crippen LogP contribution is 2.28. The summed E-state index contributed by atoms with van der Waals surface area (Å²) in [6.07, 6.45) is 4.53. The lowest BCUT2D eigenvalue weighted by atomic mass is 9.92. The molecule has 1 aliphatic rings. The number of hydrogen-bond acceptors (Lipinski definition) is 5. The van der Waals surface area contributed by atoms with Crippen LogP contribution in [0.3, 0.4) is 0 Å². The van der Waals surface area contributed by atoms with Crippen molar-refractivity contribution >= 4 is 11.6 Å². The molecule has 0 bridgehead atoms. The van der Waals surface area contributed by atoms with E-state index in [9.17, 15) is 0 Å². The van der Waals surface area contributed by atoms with Crippen LogP contribution in [0.15, 0.2) is 6.33 Å². The molecule has 2 N–H and O–H groups in total. The summed E-state index contributed by atoms with van der Waals surface area (Å²) in [6, 6.07) is 0. The molecule has 5 nitrogen and oxygen atoms in total. The number of ether oxygens (including phenoxy) is 1. The van der Waals surface area contributed by atoms with Gasteiger partial charge in [-0.15, -0.1) is 0 Å². The monoisotopic (exact) mass is 250 g/mol. The smallest absolute Gasteiger partial charge is 0.135 e. The number of aromatic nitrogens is 2. The van der Waals surface area contributed by atoms with E-state index in [1.54, 1.807) is 6.33 Å². The molecule has 0 saturated carbocycles. The van der Waals surface area contributed by atoms with Gasteiger partial charge in [-0.1, -0.05) is 6.92 Å². The van der Waals surface area contributed by atoms with Crippen LogP contribution < -0.4 is 10.6 Å². The predicted molar refractivity (Wildman–Crippen MR) is 73.0 cm³/mol. The summed E-state index contributed by atoms with van der Waals surface area (Å²) in [7, 11) is 1.89. The number of nitrogens with zero attached hydrogens (tertiary/aromatic N) is 2. The molecule has 0 spiro atoms. The Morgan fingerprint density at radius 2 is 1.94 bits per heavy atom. The van der Waals surface area contributed by atoms with Crippen molar-refractivity contribution in [1.82, 2.24) is 9.97 Å². The van der Waals surface area contributed by atoms with Gasteiger partial charge in [0, 0.05) is 31.4 Å². The average Bonchev–Trinajstić information content (AvgIpc) is 2.38. The lowest BCUT2D eigenvalue weighted by Crippen LogP contribution is -2.41. The number of rotatable bonds is 4. The molecule has 1 aliphatic heterocycles. The fraction of sp³-hybridized carbons (Fsp3) is 0.692. The SMILES string of the molecule is CCc1c(NC)ncnc1NC1(C)CCOCC1. The normalized spacial score (nSPS) is 18.4. The minimum absolute atomic E-state index is 0.0710. The molecule has 0 radical (unpaired) electrons. The standard InChI is InChI=1S/C13H22N4O/c1-4-10-11(14-3)15-9-16-12(10)17-13(2)5-7-18-8-6-13/h9H,4-8H2,1-3H3,(H2,14,15,16,17). The van der Waals surface area contributed by atoms with E-state index in [-0.39, 0.29) is 5.54 Å². The minimum atomic E-state index is 0.0710. The molecule has 1 aromatic heterocycles. The van der Waals surface area contributed by atoms with E-state index in [0.29, 0.717) is 0 Å². The van der Waals surface area contributed by atoms with E-state index in [1.807, 2.05) is 7.05 Å². The highest BCUT2D eigenvalue weighted by atomic mass is 16.5. The second-order valence-corrected chi connectivity index (χ2v) is 4.95. The second-order valence-electron chi connectivity index (χ2n) is 4.95.